The highest BCUT2D eigenvalue weighted by Gasteiger charge is 2.56. The molecule has 4 atom stereocenters. The molecule has 0 saturated heterocycles. The molecular formula is C17H20N4O. The number of benzene rings is 1. The molecule has 0 radical (unpaired) electrons. The van der Waals surface area contributed by atoms with Gasteiger partial charge >= 0.3 is 0 Å². The van der Waals surface area contributed by atoms with Gasteiger partial charge in [-0.1, -0.05) is 29.8 Å². The first kappa shape index (κ1) is 13.5. The average Bonchev–Trinajstić information content (AvgIpc) is 2.95. The molecule has 22 heavy (non-hydrogen) atoms. The topological polar surface area (TPSA) is 59.8 Å². The van der Waals surface area contributed by atoms with Crippen LogP contribution in [-0.2, 0) is 4.79 Å². The van der Waals surface area contributed by atoms with Gasteiger partial charge in [0, 0.05) is 5.92 Å². The van der Waals surface area contributed by atoms with Crippen molar-refractivity contribution in [2.45, 2.75) is 32.2 Å². The van der Waals surface area contributed by atoms with Crippen molar-refractivity contribution >= 4 is 5.91 Å². The van der Waals surface area contributed by atoms with Crippen LogP contribution in [0.5, 0.6) is 0 Å². The van der Waals surface area contributed by atoms with Gasteiger partial charge in [0.2, 0.25) is 5.91 Å². The standard InChI is InChI=1S/C17H20N4O/c1-11(18-17(22)16-13-8-5-9-14(13)16)15-10-21(20-19-15)12-6-3-2-4-7-12/h2-4,6-7,10-11,13-14,16H,5,8-9H2,1H3,(H,18,22)/t11-,13-,14+,16?/m0/s1. The number of nitrogens with zero attached hydrogens (tertiary/aromatic N) is 3. The molecule has 1 amide bonds. The number of hydrogen-bond acceptors (Lipinski definition) is 3. The Bertz CT molecular complexity index is 671. The Morgan fingerprint density at radius 3 is 2.73 bits per heavy atom. The fourth-order valence-corrected chi connectivity index (χ4v) is 3.78. The van der Waals surface area contributed by atoms with Crippen molar-refractivity contribution < 1.29 is 4.79 Å². The van der Waals surface area contributed by atoms with Crippen molar-refractivity contribution in [1.82, 2.24) is 20.3 Å². The van der Waals surface area contributed by atoms with E-state index >= 15 is 0 Å². The summed E-state index contributed by atoms with van der Waals surface area (Å²) < 4.78 is 1.74. The van der Waals surface area contributed by atoms with Crippen LogP contribution in [0, 0.1) is 17.8 Å². The quantitative estimate of drug-likeness (QED) is 0.943. The Kier molecular flexibility index (Phi) is 3.21. The number of fused-ring (bicyclic) bond motifs is 1. The molecule has 114 valence electrons. The van der Waals surface area contributed by atoms with Gasteiger partial charge in [0.15, 0.2) is 0 Å². The normalized spacial score (nSPS) is 27.2. The molecule has 2 saturated carbocycles. The summed E-state index contributed by atoms with van der Waals surface area (Å²) in [5, 5.41) is 11.4. The van der Waals surface area contributed by atoms with E-state index in [0.29, 0.717) is 11.8 Å². The van der Waals surface area contributed by atoms with Crippen molar-refractivity contribution in [2.24, 2.45) is 17.8 Å². The molecule has 5 heteroatoms. The van der Waals surface area contributed by atoms with E-state index < -0.39 is 0 Å². The van der Waals surface area contributed by atoms with Crippen molar-refractivity contribution in [2.75, 3.05) is 0 Å². The van der Waals surface area contributed by atoms with E-state index in [2.05, 4.69) is 15.6 Å². The van der Waals surface area contributed by atoms with Crippen LogP contribution in [0.4, 0.5) is 0 Å². The summed E-state index contributed by atoms with van der Waals surface area (Å²) in [6.45, 7) is 1.97. The van der Waals surface area contributed by atoms with Gasteiger partial charge in [-0.05, 0) is 43.7 Å². The molecule has 2 aliphatic carbocycles. The summed E-state index contributed by atoms with van der Waals surface area (Å²) in [5.74, 6) is 1.73. The van der Waals surface area contributed by atoms with E-state index in [1.165, 1.54) is 19.3 Å². The van der Waals surface area contributed by atoms with Crippen LogP contribution in [0.15, 0.2) is 36.5 Å². The average molecular weight is 296 g/mol. The summed E-state index contributed by atoms with van der Waals surface area (Å²) in [4.78, 5) is 12.3. The summed E-state index contributed by atoms with van der Waals surface area (Å²) >= 11 is 0. The maximum atomic E-state index is 12.3. The number of carbonyl (C=O) groups excluding carboxylic acids is 1. The first-order valence-corrected chi connectivity index (χ1v) is 8.02. The minimum atomic E-state index is -0.105. The SMILES string of the molecule is C[C@H](NC(=O)C1[C@H]2CCC[C@@H]12)c1cn(-c2ccccc2)nn1. The molecule has 1 unspecified atom stereocenters. The van der Waals surface area contributed by atoms with Gasteiger partial charge in [-0.15, -0.1) is 5.10 Å². The Labute approximate surface area is 129 Å². The van der Waals surface area contributed by atoms with E-state index in [9.17, 15) is 4.79 Å². The molecule has 1 aromatic heterocycles. The highest BCUT2D eigenvalue weighted by Crippen LogP contribution is 2.57. The lowest BCUT2D eigenvalue weighted by Gasteiger charge is -2.11. The van der Waals surface area contributed by atoms with Gasteiger partial charge in [-0.2, -0.15) is 0 Å². The molecular weight excluding hydrogens is 276 g/mol. The van der Waals surface area contributed by atoms with Crippen LogP contribution in [0.2, 0.25) is 0 Å². The van der Waals surface area contributed by atoms with E-state index in [-0.39, 0.29) is 17.9 Å². The maximum absolute atomic E-state index is 12.3. The smallest absolute Gasteiger partial charge is 0.224 e. The van der Waals surface area contributed by atoms with E-state index in [4.69, 9.17) is 0 Å². The van der Waals surface area contributed by atoms with E-state index in [1.54, 1.807) is 4.68 Å². The monoisotopic (exact) mass is 296 g/mol. The zero-order chi connectivity index (χ0) is 15.1. The van der Waals surface area contributed by atoms with Crippen LogP contribution in [-0.4, -0.2) is 20.9 Å². The van der Waals surface area contributed by atoms with Gasteiger partial charge < -0.3 is 5.32 Å². The van der Waals surface area contributed by atoms with Gasteiger partial charge in [0.1, 0.15) is 5.69 Å². The van der Waals surface area contributed by atoms with Gasteiger partial charge in [0.05, 0.1) is 17.9 Å². The summed E-state index contributed by atoms with van der Waals surface area (Å²) in [6.07, 6.45) is 5.62. The minimum Gasteiger partial charge on any atom is -0.348 e. The molecule has 0 aliphatic heterocycles. The fourth-order valence-electron chi connectivity index (χ4n) is 3.78. The summed E-state index contributed by atoms with van der Waals surface area (Å²) in [6, 6.07) is 9.75. The predicted molar refractivity (Wildman–Crippen MR) is 82.2 cm³/mol. The molecule has 2 fully saturated rings. The van der Waals surface area contributed by atoms with Crippen molar-refractivity contribution in [3.63, 3.8) is 0 Å². The van der Waals surface area contributed by atoms with Gasteiger partial charge in [0.25, 0.3) is 0 Å². The maximum Gasteiger partial charge on any atom is 0.224 e. The number of aromatic nitrogens is 3. The number of carbonyl (C=O) groups is 1. The third-order valence-electron chi connectivity index (χ3n) is 5.04. The van der Waals surface area contributed by atoms with Crippen LogP contribution in [0.25, 0.3) is 5.69 Å². The molecule has 0 spiro atoms. The molecule has 4 rings (SSSR count). The van der Waals surface area contributed by atoms with Gasteiger partial charge in [-0.3, -0.25) is 4.79 Å². The zero-order valence-corrected chi connectivity index (χ0v) is 12.6. The molecule has 5 nitrogen and oxygen atoms in total. The third-order valence-corrected chi connectivity index (χ3v) is 5.04. The predicted octanol–water partition coefficient (Wildman–Crippen LogP) is 2.49. The molecule has 2 aliphatic rings. The molecule has 1 heterocycles. The number of amides is 1. The number of nitrogens with one attached hydrogen (secondary N) is 1. The summed E-state index contributed by atoms with van der Waals surface area (Å²) in [7, 11) is 0. The Morgan fingerprint density at radius 1 is 1.27 bits per heavy atom. The second kappa shape index (κ2) is 5.23. The highest BCUT2D eigenvalue weighted by atomic mass is 16.2. The van der Waals surface area contributed by atoms with E-state index in [1.807, 2.05) is 43.5 Å². The highest BCUT2D eigenvalue weighted by molar-refractivity contribution is 5.82. The van der Waals surface area contributed by atoms with Crippen LogP contribution in [0.3, 0.4) is 0 Å². The molecule has 1 aromatic carbocycles. The van der Waals surface area contributed by atoms with E-state index in [0.717, 1.165) is 11.4 Å². The Balaban J connectivity index is 1.42. The molecule has 1 N–H and O–H groups in total. The first-order chi connectivity index (χ1) is 10.7. The van der Waals surface area contributed by atoms with Crippen LogP contribution in [0.1, 0.15) is 37.9 Å². The van der Waals surface area contributed by atoms with Crippen molar-refractivity contribution in [1.29, 1.82) is 0 Å². The lowest BCUT2D eigenvalue weighted by molar-refractivity contribution is -0.123. The third kappa shape index (κ3) is 2.30. The molecule has 0 bridgehead atoms. The number of rotatable bonds is 4. The second-order valence-corrected chi connectivity index (χ2v) is 6.44. The van der Waals surface area contributed by atoms with Gasteiger partial charge in [-0.25, -0.2) is 4.68 Å². The first-order valence-electron chi connectivity index (χ1n) is 8.02. The second-order valence-electron chi connectivity index (χ2n) is 6.44. The zero-order valence-electron chi connectivity index (χ0n) is 12.6. The molecule has 2 aromatic rings. The fraction of sp³-hybridized carbons (Fsp3) is 0.471. The summed E-state index contributed by atoms with van der Waals surface area (Å²) in [5.41, 5.74) is 1.76. The van der Waals surface area contributed by atoms with Crippen molar-refractivity contribution in [3.05, 3.63) is 42.2 Å². The largest absolute Gasteiger partial charge is 0.348 e. The van der Waals surface area contributed by atoms with Crippen molar-refractivity contribution in [3.8, 4) is 5.69 Å². The lowest BCUT2D eigenvalue weighted by Crippen LogP contribution is -2.29. The Morgan fingerprint density at radius 2 is 2.00 bits per heavy atom. The van der Waals surface area contributed by atoms with Crippen LogP contribution < -0.4 is 5.32 Å². The number of hydrogen-bond donors (Lipinski definition) is 1. The lowest BCUT2D eigenvalue weighted by atomic mass is 10.1. The van der Waals surface area contributed by atoms with Crippen LogP contribution >= 0.6 is 0 Å². The Hall–Kier alpha value is -2.17. The number of para-hydroxylation sites is 1. The minimum absolute atomic E-state index is 0.105.